The second-order valence-corrected chi connectivity index (χ2v) is 3.02. The molecule has 0 aromatic carbocycles. The second-order valence-electron chi connectivity index (χ2n) is 1.97. The molecule has 0 atom stereocenters. The van der Waals surface area contributed by atoms with Crippen molar-refractivity contribution in [2.75, 3.05) is 0 Å². The molecule has 0 bridgehead atoms. The van der Waals surface area contributed by atoms with Crippen molar-refractivity contribution in [2.24, 2.45) is 14.1 Å². The van der Waals surface area contributed by atoms with Gasteiger partial charge < -0.3 is 12.4 Å². The van der Waals surface area contributed by atoms with E-state index in [0.717, 1.165) is 0 Å². The fourth-order valence-corrected chi connectivity index (χ4v) is 1.33. The van der Waals surface area contributed by atoms with E-state index in [4.69, 9.17) is 34.8 Å². The largest absolute Gasteiger partial charge is 1.00 e. The first-order valence-electron chi connectivity index (χ1n) is 2.61. The average Bonchev–Trinajstić information content (AvgIpc) is 2.07. The van der Waals surface area contributed by atoms with Crippen LogP contribution in [0.15, 0.2) is 0 Å². The summed E-state index contributed by atoms with van der Waals surface area (Å²) in [4.78, 5) is 0. The van der Waals surface area contributed by atoms with E-state index in [0.29, 0.717) is 15.6 Å². The van der Waals surface area contributed by atoms with Gasteiger partial charge in [0.25, 0.3) is 10.3 Å². The van der Waals surface area contributed by atoms with Crippen LogP contribution in [-0.4, -0.2) is 4.57 Å². The van der Waals surface area contributed by atoms with Crippen molar-refractivity contribution < 1.29 is 17.0 Å². The molecule has 0 fully saturated rings. The SMILES string of the molecule is Cn1c(Cl)c(Cl)[n+](C)c1Cl.[Cl-]. The van der Waals surface area contributed by atoms with E-state index in [-0.39, 0.29) is 12.4 Å². The fourth-order valence-electron chi connectivity index (χ4n) is 0.664. The Balaban J connectivity index is 0.000001000. The third-order valence-corrected chi connectivity index (χ3v) is 2.78. The van der Waals surface area contributed by atoms with Crippen LogP contribution in [0.5, 0.6) is 0 Å². The van der Waals surface area contributed by atoms with Gasteiger partial charge in [-0.3, -0.25) is 0 Å². The molecule has 0 aliphatic heterocycles. The third kappa shape index (κ3) is 1.75. The van der Waals surface area contributed by atoms with Crippen LogP contribution >= 0.6 is 34.8 Å². The number of hydrogen-bond donors (Lipinski definition) is 0. The first-order chi connectivity index (χ1) is 4.55. The van der Waals surface area contributed by atoms with E-state index >= 15 is 0 Å². The molecule has 1 aromatic rings. The van der Waals surface area contributed by atoms with Crippen molar-refractivity contribution in [2.45, 2.75) is 0 Å². The molecule has 0 radical (unpaired) electrons. The van der Waals surface area contributed by atoms with Gasteiger partial charge in [-0.2, -0.15) is 0 Å². The molecule has 0 aliphatic rings. The van der Waals surface area contributed by atoms with Gasteiger partial charge >= 0.3 is 5.28 Å². The van der Waals surface area contributed by atoms with E-state index in [2.05, 4.69) is 0 Å². The Hall–Kier alpha value is 0.370. The molecule has 0 amide bonds. The Kier molecular flexibility index (Phi) is 3.98. The third-order valence-electron chi connectivity index (χ3n) is 1.31. The van der Waals surface area contributed by atoms with Crippen LogP contribution in [0.4, 0.5) is 0 Å². The molecular weight excluding hydrogens is 230 g/mol. The number of aromatic nitrogens is 2. The van der Waals surface area contributed by atoms with E-state index in [1.807, 2.05) is 0 Å². The Labute approximate surface area is 86.1 Å². The number of nitrogens with zero attached hydrogens (tertiary/aromatic N) is 2. The lowest BCUT2D eigenvalue weighted by molar-refractivity contribution is -0.666. The van der Waals surface area contributed by atoms with E-state index in [1.165, 1.54) is 0 Å². The maximum absolute atomic E-state index is 5.76. The quantitative estimate of drug-likeness (QED) is 0.501. The topological polar surface area (TPSA) is 8.81 Å². The van der Waals surface area contributed by atoms with Gasteiger partial charge in [-0.1, -0.05) is 0 Å². The van der Waals surface area contributed by atoms with Gasteiger partial charge in [-0.05, 0) is 23.2 Å². The Bertz CT molecular complexity index is 188. The highest BCUT2D eigenvalue weighted by Crippen LogP contribution is 2.21. The normalized spacial score (nSPS) is 9.55. The molecule has 0 saturated heterocycles. The van der Waals surface area contributed by atoms with E-state index in [1.54, 1.807) is 23.2 Å². The molecule has 64 valence electrons. The zero-order chi connectivity index (χ0) is 7.89. The Morgan fingerprint density at radius 1 is 1.27 bits per heavy atom. The lowest BCUT2D eigenvalue weighted by atomic mass is 10.9. The number of hydrogen-bond acceptors (Lipinski definition) is 0. The van der Waals surface area contributed by atoms with Gasteiger partial charge in [0.1, 0.15) is 0 Å². The van der Waals surface area contributed by atoms with Crippen molar-refractivity contribution in [1.29, 1.82) is 0 Å². The smallest absolute Gasteiger partial charge is 0.356 e. The van der Waals surface area contributed by atoms with Crippen molar-refractivity contribution in [1.82, 2.24) is 4.57 Å². The molecule has 2 nitrogen and oxygen atoms in total. The molecule has 0 aliphatic carbocycles. The monoisotopic (exact) mass is 234 g/mol. The molecule has 6 heteroatoms. The highest BCUT2D eigenvalue weighted by Gasteiger charge is 2.21. The summed E-state index contributed by atoms with van der Waals surface area (Å²) in [6.07, 6.45) is 0. The van der Waals surface area contributed by atoms with Gasteiger partial charge in [0.2, 0.25) is 0 Å². The molecule has 0 spiro atoms. The molecule has 1 rings (SSSR count). The summed E-state index contributed by atoms with van der Waals surface area (Å²) in [5, 5.41) is 1.42. The summed E-state index contributed by atoms with van der Waals surface area (Å²) in [5.74, 6) is 0. The van der Waals surface area contributed by atoms with Crippen LogP contribution in [0.2, 0.25) is 15.6 Å². The zero-order valence-corrected chi connectivity index (χ0v) is 8.93. The standard InChI is InChI=1S/C5H6Cl3N2.ClH/c1-9-3(6)4(7)10(2)5(9)8;/h1-2H3;1H/q+1;/p-1. The summed E-state index contributed by atoms with van der Waals surface area (Å²) in [5.41, 5.74) is 0. The summed E-state index contributed by atoms with van der Waals surface area (Å²) >= 11 is 17.2. The van der Waals surface area contributed by atoms with Gasteiger partial charge in [-0.15, -0.1) is 0 Å². The van der Waals surface area contributed by atoms with Crippen LogP contribution in [0.3, 0.4) is 0 Å². The first-order valence-corrected chi connectivity index (χ1v) is 3.74. The van der Waals surface area contributed by atoms with Crippen LogP contribution in [0.1, 0.15) is 0 Å². The molecule has 1 aromatic heterocycles. The summed E-state index contributed by atoms with van der Waals surface area (Å²) in [6.45, 7) is 0. The maximum atomic E-state index is 5.76. The van der Waals surface area contributed by atoms with Crippen LogP contribution in [0, 0.1) is 0 Å². The second kappa shape index (κ2) is 3.85. The summed E-state index contributed by atoms with van der Waals surface area (Å²) in [6, 6.07) is 0. The predicted molar refractivity (Wildman–Crippen MR) is 41.6 cm³/mol. The fraction of sp³-hybridized carbons (Fsp3) is 0.400. The molecule has 1 heterocycles. The van der Waals surface area contributed by atoms with Crippen LogP contribution in [-0.2, 0) is 14.1 Å². The van der Waals surface area contributed by atoms with E-state index < -0.39 is 0 Å². The molecular formula is C5H6Cl4N2. The minimum Gasteiger partial charge on any atom is -1.00 e. The van der Waals surface area contributed by atoms with Crippen molar-refractivity contribution in [3.63, 3.8) is 0 Å². The number of rotatable bonds is 0. The molecule has 0 unspecified atom stereocenters. The highest BCUT2D eigenvalue weighted by atomic mass is 35.5. The lowest BCUT2D eigenvalue weighted by Gasteiger charge is -1.83. The zero-order valence-electron chi connectivity index (χ0n) is 5.91. The van der Waals surface area contributed by atoms with Crippen molar-refractivity contribution in [3.8, 4) is 0 Å². The Morgan fingerprint density at radius 3 is 1.82 bits per heavy atom. The van der Waals surface area contributed by atoms with Gasteiger partial charge in [-0.25, -0.2) is 9.13 Å². The average molecular weight is 236 g/mol. The van der Waals surface area contributed by atoms with Gasteiger partial charge in [0.15, 0.2) is 0 Å². The molecule has 11 heavy (non-hydrogen) atoms. The maximum Gasteiger partial charge on any atom is 0.356 e. The molecule has 0 saturated carbocycles. The number of imidazole rings is 1. The predicted octanol–water partition coefficient (Wildman–Crippen LogP) is -1.19. The summed E-state index contributed by atoms with van der Waals surface area (Å²) in [7, 11) is 3.49. The summed E-state index contributed by atoms with van der Waals surface area (Å²) < 4.78 is 3.21. The van der Waals surface area contributed by atoms with Crippen LogP contribution < -0.4 is 17.0 Å². The number of halogens is 4. The van der Waals surface area contributed by atoms with Gasteiger partial charge in [0.05, 0.1) is 14.1 Å². The van der Waals surface area contributed by atoms with Gasteiger partial charge in [0, 0.05) is 11.6 Å². The van der Waals surface area contributed by atoms with E-state index in [9.17, 15) is 0 Å². The minimum atomic E-state index is 0. The van der Waals surface area contributed by atoms with Crippen molar-refractivity contribution >= 4 is 34.8 Å². The first kappa shape index (κ1) is 11.4. The highest BCUT2D eigenvalue weighted by molar-refractivity contribution is 6.40. The Morgan fingerprint density at radius 2 is 1.73 bits per heavy atom. The molecule has 0 N–H and O–H groups in total. The van der Waals surface area contributed by atoms with Crippen molar-refractivity contribution in [3.05, 3.63) is 15.6 Å². The lowest BCUT2D eigenvalue weighted by Crippen LogP contribution is -3.00. The van der Waals surface area contributed by atoms with Crippen LogP contribution in [0.25, 0.3) is 0 Å². The minimum absolute atomic E-state index is 0.